The van der Waals surface area contributed by atoms with Crippen LogP contribution in [0.1, 0.15) is 16.1 Å². The minimum atomic E-state index is -0.307. The average molecular weight is 322 g/mol. The molecule has 0 aliphatic rings. The summed E-state index contributed by atoms with van der Waals surface area (Å²) >= 11 is 7.56. The number of rotatable bonds is 4. The lowest BCUT2D eigenvalue weighted by molar-refractivity contribution is 0.0945. The summed E-state index contributed by atoms with van der Waals surface area (Å²) in [4.78, 5) is 13.1. The van der Waals surface area contributed by atoms with Crippen molar-refractivity contribution in [2.75, 3.05) is 0 Å². The summed E-state index contributed by atoms with van der Waals surface area (Å²) in [6.07, 6.45) is 3.29. The van der Waals surface area contributed by atoms with Gasteiger partial charge in [0.05, 0.1) is 21.8 Å². The molecule has 0 saturated carbocycles. The Morgan fingerprint density at radius 3 is 3.10 bits per heavy atom. The van der Waals surface area contributed by atoms with Gasteiger partial charge in [-0.2, -0.15) is 10.2 Å². The molecule has 0 fully saturated rings. The van der Waals surface area contributed by atoms with Crippen molar-refractivity contribution in [3.63, 3.8) is 0 Å². The number of aromatic nitrogens is 4. The number of hydrogen-bond donors (Lipinski definition) is 2. The first-order chi connectivity index (χ1) is 10.1. The molecule has 0 spiro atoms. The van der Waals surface area contributed by atoms with Gasteiger partial charge in [0.25, 0.3) is 5.91 Å². The van der Waals surface area contributed by atoms with Crippen molar-refractivity contribution >= 4 is 28.8 Å². The van der Waals surface area contributed by atoms with Crippen LogP contribution in [0, 0.1) is 0 Å². The Morgan fingerprint density at radius 1 is 1.57 bits per heavy atom. The predicted octanol–water partition coefficient (Wildman–Crippen LogP) is 2.46. The van der Waals surface area contributed by atoms with Crippen LogP contribution in [0.3, 0.4) is 0 Å². The van der Waals surface area contributed by atoms with E-state index in [1.807, 2.05) is 17.5 Å². The van der Waals surface area contributed by atoms with E-state index in [1.165, 1.54) is 4.68 Å². The summed E-state index contributed by atoms with van der Waals surface area (Å²) in [6, 6.07) is 3.97. The molecule has 0 saturated heterocycles. The number of nitrogens with zero attached hydrogens (tertiary/aromatic N) is 3. The molecule has 3 rings (SSSR count). The highest BCUT2D eigenvalue weighted by molar-refractivity contribution is 7.13. The number of H-pyrrole nitrogens is 1. The summed E-state index contributed by atoms with van der Waals surface area (Å²) < 4.78 is 1.51. The molecule has 6 nitrogen and oxygen atoms in total. The maximum absolute atomic E-state index is 12.1. The van der Waals surface area contributed by atoms with Crippen LogP contribution in [0.5, 0.6) is 0 Å². The van der Waals surface area contributed by atoms with Crippen molar-refractivity contribution in [1.82, 2.24) is 25.3 Å². The smallest absolute Gasteiger partial charge is 0.273 e. The summed E-state index contributed by atoms with van der Waals surface area (Å²) in [7, 11) is 1.72. The van der Waals surface area contributed by atoms with Gasteiger partial charge >= 0.3 is 0 Å². The molecule has 0 bridgehead atoms. The molecular weight excluding hydrogens is 310 g/mol. The second kappa shape index (κ2) is 5.71. The quantitative estimate of drug-likeness (QED) is 0.775. The fourth-order valence-corrected chi connectivity index (χ4v) is 2.97. The molecule has 0 aliphatic carbocycles. The number of amides is 1. The van der Waals surface area contributed by atoms with Crippen LogP contribution in [-0.4, -0.2) is 25.9 Å². The Balaban J connectivity index is 1.73. The van der Waals surface area contributed by atoms with Gasteiger partial charge in [-0.15, -0.1) is 11.3 Å². The van der Waals surface area contributed by atoms with Gasteiger partial charge in [0, 0.05) is 25.4 Å². The number of thiophene rings is 1. The molecule has 0 radical (unpaired) electrons. The van der Waals surface area contributed by atoms with Gasteiger partial charge in [0.1, 0.15) is 0 Å². The van der Waals surface area contributed by atoms with Gasteiger partial charge in [0.2, 0.25) is 0 Å². The molecule has 8 heteroatoms. The number of nitrogens with one attached hydrogen (secondary N) is 2. The molecule has 0 unspecified atom stereocenters. The topological polar surface area (TPSA) is 75.6 Å². The first-order valence-corrected chi connectivity index (χ1v) is 7.44. The Labute approximate surface area is 129 Å². The number of hydrogen-bond acceptors (Lipinski definition) is 4. The van der Waals surface area contributed by atoms with Gasteiger partial charge in [-0.25, -0.2) is 0 Å². The Hall–Kier alpha value is -2.12. The van der Waals surface area contributed by atoms with E-state index in [2.05, 4.69) is 20.6 Å². The Kier molecular flexibility index (Phi) is 3.76. The van der Waals surface area contributed by atoms with Gasteiger partial charge in [-0.05, 0) is 11.4 Å². The van der Waals surface area contributed by atoms with E-state index in [-0.39, 0.29) is 11.6 Å². The standard InChI is InChI=1S/C13H12ClN5OS/c1-19-7-9(14)12(18-19)13(20)15-5-8-6-16-17-11(8)10-3-2-4-21-10/h2-4,6-7H,5H2,1H3,(H,15,20)(H,16,17). The van der Waals surface area contributed by atoms with E-state index < -0.39 is 0 Å². The molecule has 3 aromatic heterocycles. The molecule has 0 aromatic carbocycles. The molecule has 0 aliphatic heterocycles. The van der Waals surface area contributed by atoms with Crippen molar-refractivity contribution < 1.29 is 4.79 Å². The lowest BCUT2D eigenvalue weighted by Crippen LogP contribution is -2.23. The van der Waals surface area contributed by atoms with E-state index >= 15 is 0 Å². The molecule has 2 N–H and O–H groups in total. The van der Waals surface area contributed by atoms with E-state index in [0.717, 1.165) is 16.1 Å². The van der Waals surface area contributed by atoms with Crippen molar-refractivity contribution in [2.24, 2.45) is 7.05 Å². The first kappa shape index (κ1) is 13.8. The van der Waals surface area contributed by atoms with Crippen molar-refractivity contribution in [3.8, 4) is 10.6 Å². The minimum absolute atomic E-state index is 0.223. The zero-order chi connectivity index (χ0) is 14.8. The lowest BCUT2D eigenvalue weighted by atomic mass is 10.2. The summed E-state index contributed by atoms with van der Waals surface area (Å²) in [5, 5.41) is 16.1. The maximum atomic E-state index is 12.1. The predicted molar refractivity (Wildman–Crippen MR) is 81.3 cm³/mol. The van der Waals surface area contributed by atoms with Crippen LogP contribution in [-0.2, 0) is 13.6 Å². The van der Waals surface area contributed by atoms with Crippen LogP contribution in [0.15, 0.2) is 29.9 Å². The summed E-state index contributed by atoms with van der Waals surface area (Å²) in [5.41, 5.74) is 2.05. The highest BCUT2D eigenvalue weighted by atomic mass is 35.5. The third kappa shape index (κ3) is 2.84. The van der Waals surface area contributed by atoms with E-state index in [0.29, 0.717) is 11.6 Å². The fourth-order valence-electron chi connectivity index (χ4n) is 1.95. The van der Waals surface area contributed by atoms with Crippen molar-refractivity contribution in [2.45, 2.75) is 6.54 Å². The van der Waals surface area contributed by atoms with Gasteiger partial charge in [0.15, 0.2) is 5.69 Å². The SMILES string of the molecule is Cn1cc(Cl)c(C(=O)NCc2cn[nH]c2-c2cccs2)n1. The Morgan fingerprint density at radius 2 is 2.43 bits per heavy atom. The third-order valence-electron chi connectivity index (χ3n) is 2.92. The van der Waals surface area contributed by atoms with Gasteiger partial charge in [-0.3, -0.25) is 14.6 Å². The van der Waals surface area contributed by atoms with E-state index in [9.17, 15) is 4.79 Å². The first-order valence-electron chi connectivity index (χ1n) is 6.18. The fraction of sp³-hybridized carbons (Fsp3) is 0.154. The highest BCUT2D eigenvalue weighted by Crippen LogP contribution is 2.25. The molecule has 3 heterocycles. The third-order valence-corrected chi connectivity index (χ3v) is 4.09. The lowest BCUT2D eigenvalue weighted by Gasteiger charge is -2.03. The van der Waals surface area contributed by atoms with Crippen LogP contribution in [0.25, 0.3) is 10.6 Å². The van der Waals surface area contributed by atoms with Gasteiger partial charge in [-0.1, -0.05) is 17.7 Å². The second-order valence-corrected chi connectivity index (χ2v) is 5.78. The van der Waals surface area contributed by atoms with E-state index in [4.69, 9.17) is 11.6 Å². The van der Waals surface area contributed by atoms with Crippen molar-refractivity contribution in [3.05, 3.63) is 46.2 Å². The minimum Gasteiger partial charge on any atom is -0.346 e. The number of carbonyl (C=O) groups excluding carboxylic acids is 1. The van der Waals surface area contributed by atoms with Crippen molar-refractivity contribution in [1.29, 1.82) is 0 Å². The molecule has 108 valence electrons. The molecule has 3 aromatic rings. The van der Waals surface area contributed by atoms with Gasteiger partial charge < -0.3 is 5.32 Å². The van der Waals surface area contributed by atoms with E-state index in [1.54, 1.807) is 30.8 Å². The average Bonchev–Trinajstić information content (AvgIpc) is 3.15. The number of carbonyl (C=O) groups is 1. The number of halogens is 1. The maximum Gasteiger partial charge on any atom is 0.273 e. The Bertz CT molecular complexity index is 761. The zero-order valence-electron chi connectivity index (χ0n) is 11.1. The monoisotopic (exact) mass is 321 g/mol. The number of aryl methyl sites for hydroxylation is 1. The summed E-state index contributed by atoms with van der Waals surface area (Å²) in [6.45, 7) is 0.357. The van der Waals surface area contributed by atoms with Crippen LogP contribution in [0.4, 0.5) is 0 Å². The highest BCUT2D eigenvalue weighted by Gasteiger charge is 2.16. The zero-order valence-corrected chi connectivity index (χ0v) is 12.7. The molecule has 0 atom stereocenters. The number of aromatic amines is 1. The molecule has 1 amide bonds. The largest absolute Gasteiger partial charge is 0.346 e. The van der Waals surface area contributed by atoms with Crippen LogP contribution in [0.2, 0.25) is 5.02 Å². The van der Waals surface area contributed by atoms with Crippen LogP contribution >= 0.6 is 22.9 Å². The molecular formula is C13H12ClN5OS. The van der Waals surface area contributed by atoms with Crippen LogP contribution < -0.4 is 5.32 Å². The second-order valence-electron chi connectivity index (χ2n) is 4.43. The summed E-state index contributed by atoms with van der Waals surface area (Å²) in [5.74, 6) is -0.307. The normalized spacial score (nSPS) is 10.8. The molecule has 21 heavy (non-hydrogen) atoms.